The summed E-state index contributed by atoms with van der Waals surface area (Å²) in [5.41, 5.74) is 9.02. The van der Waals surface area contributed by atoms with Crippen LogP contribution < -0.4 is 11.5 Å². The smallest absolute Gasteiger partial charge is 0.372 e. The van der Waals surface area contributed by atoms with Gasteiger partial charge in [0.15, 0.2) is 0 Å². The van der Waals surface area contributed by atoms with Crippen molar-refractivity contribution in [1.29, 1.82) is 0 Å². The normalized spacial score (nSPS) is 8.44. The molecule has 18 heavy (non-hydrogen) atoms. The molecule has 0 aromatic heterocycles. The number of hydrogen-bond acceptors (Lipinski definition) is 6. The molecule has 0 aliphatic carbocycles. The maximum absolute atomic E-state index is 10.1. The largest absolute Gasteiger partial charge is 0.475 e. The zero-order valence-corrected chi connectivity index (χ0v) is 8.91. The van der Waals surface area contributed by atoms with Crippen molar-refractivity contribution in [3.05, 3.63) is 0 Å². The first-order valence-corrected chi connectivity index (χ1v) is 4.16. The first kappa shape index (κ1) is 17.6. The molecule has 0 aromatic rings. The molecule has 0 radical (unpaired) electrons. The Kier molecular flexibility index (Phi) is 8.20. The summed E-state index contributed by atoms with van der Waals surface area (Å²) < 4.78 is 0. The highest BCUT2D eigenvalue weighted by atomic mass is 16.4. The van der Waals surface area contributed by atoms with Crippen molar-refractivity contribution in [1.82, 2.24) is 0 Å². The van der Waals surface area contributed by atoms with Gasteiger partial charge in [0.05, 0.1) is 12.8 Å². The van der Waals surface area contributed by atoms with Crippen LogP contribution in [0.15, 0.2) is 0 Å². The zero-order valence-electron chi connectivity index (χ0n) is 8.91. The molecular weight excluding hydrogens is 252 g/mol. The van der Waals surface area contributed by atoms with E-state index in [2.05, 4.69) is 11.5 Å². The van der Waals surface area contributed by atoms with Crippen LogP contribution in [0.2, 0.25) is 0 Å². The molecular formula is C8H10N2O8. The highest BCUT2D eigenvalue weighted by Gasteiger charge is 2.13. The topological polar surface area (TPSA) is 195 Å². The van der Waals surface area contributed by atoms with E-state index in [0.717, 1.165) is 0 Å². The van der Waals surface area contributed by atoms with Gasteiger partial charge in [-0.1, -0.05) is 0 Å². The molecule has 0 bridgehead atoms. The summed E-state index contributed by atoms with van der Waals surface area (Å²) in [4.78, 5) is 59.2. The molecule has 6 N–H and O–H groups in total. The van der Waals surface area contributed by atoms with Crippen molar-refractivity contribution in [2.45, 2.75) is 12.8 Å². The molecule has 0 saturated heterocycles. The van der Waals surface area contributed by atoms with Crippen LogP contribution >= 0.6 is 0 Å². The minimum absolute atomic E-state index is 0.727. The van der Waals surface area contributed by atoms with Gasteiger partial charge in [0, 0.05) is 0 Å². The number of carbonyl (C=O) groups is 6. The Bertz CT molecular complexity index is 362. The van der Waals surface area contributed by atoms with E-state index < -0.39 is 48.2 Å². The fraction of sp³-hybridized carbons (Fsp3) is 0.250. The Morgan fingerprint density at radius 1 is 0.667 bits per heavy atom. The van der Waals surface area contributed by atoms with E-state index in [0.29, 0.717) is 0 Å². The van der Waals surface area contributed by atoms with Crippen molar-refractivity contribution in [2.75, 3.05) is 0 Å². The summed E-state index contributed by atoms with van der Waals surface area (Å²) in [5, 5.41) is 15.7. The van der Waals surface area contributed by atoms with Gasteiger partial charge in [-0.25, -0.2) is 9.59 Å². The number of primary amides is 2. The van der Waals surface area contributed by atoms with E-state index in [1.54, 1.807) is 0 Å². The van der Waals surface area contributed by atoms with Gasteiger partial charge < -0.3 is 21.7 Å². The summed E-state index contributed by atoms with van der Waals surface area (Å²) in [6.45, 7) is 0. The lowest BCUT2D eigenvalue weighted by atomic mass is 10.3. The highest BCUT2D eigenvalue weighted by Crippen LogP contribution is 1.80. The summed E-state index contributed by atoms with van der Waals surface area (Å²) in [7, 11) is 0. The van der Waals surface area contributed by atoms with Gasteiger partial charge in [-0.15, -0.1) is 0 Å². The number of carbonyl (C=O) groups excluding carboxylic acids is 4. The van der Waals surface area contributed by atoms with Crippen LogP contribution in [0.5, 0.6) is 0 Å². The summed E-state index contributed by atoms with van der Waals surface area (Å²) in [6.07, 6.45) is -1.45. The van der Waals surface area contributed by atoms with Gasteiger partial charge in [-0.3, -0.25) is 19.2 Å². The monoisotopic (exact) mass is 262 g/mol. The first-order chi connectivity index (χ1) is 8.07. The Balaban J connectivity index is 0. The Hall–Kier alpha value is -2.78. The quantitative estimate of drug-likeness (QED) is 0.287. The summed E-state index contributed by atoms with van der Waals surface area (Å²) >= 11 is 0. The lowest BCUT2D eigenvalue weighted by Gasteiger charge is -1.86. The number of ketones is 2. The van der Waals surface area contributed by atoms with Gasteiger partial charge in [0.25, 0.3) is 0 Å². The molecule has 0 heterocycles. The minimum atomic E-state index is -1.63. The molecule has 0 rings (SSSR count). The van der Waals surface area contributed by atoms with Gasteiger partial charge in [-0.05, 0) is 0 Å². The standard InChI is InChI=1S/2C4H5NO4/c2*5-3(7)1-2(6)4(8)9/h2*1H2,(H2,5,7)(H,8,9). The highest BCUT2D eigenvalue weighted by molar-refractivity contribution is 6.36. The molecule has 2 amide bonds. The number of nitrogens with two attached hydrogens (primary N) is 2. The molecule has 10 heteroatoms. The Morgan fingerprint density at radius 2 is 0.889 bits per heavy atom. The van der Waals surface area contributed by atoms with Gasteiger partial charge in [-0.2, -0.15) is 0 Å². The predicted octanol–water partition coefficient (Wildman–Crippen LogP) is -2.97. The molecule has 0 aliphatic rings. The van der Waals surface area contributed by atoms with Crippen molar-refractivity contribution in [2.24, 2.45) is 11.5 Å². The van der Waals surface area contributed by atoms with E-state index in [4.69, 9.17) is 10.2 Å². The van der Waals surface area contributed by atoms with E-state index in [1.807, 2.05) is 0 Å². The number of amides is 2. The predicted molar refractivity (Wildman–Crippen MR) is 52.9 cm³/mol. The molecule has 10 nitrogen and oxygen atoms in total. The van der Waals surface area contributed by atoms with Crippen LogP contribution in [-0.2, 0) is 28.8 Å². The lowest BCUT2D eigenvalue weighted by molar-refractivity contribution is -0.150. The molecule has 0 fully saturated rings. The molecule has 0 spiro atoms. The van der Waals surface area contributed by atoms with Crippen molar-refractivity contribution in [3.63, 3.8) is 0 Å². The second kappa shape index (κ2) is 8.38. The number of carboxylic acid groups (broad SMARTS) is 2. The number of rotatable bonds is 6. The average molecular weight is 262 g/mol. The Labute approximate surface area is 99.5 Å². The lowest BCUT2D eigenvalue weighted by Crippen LogP contribution is -2.21. The molecule has 0 aromatic carbocycles. The van der Waals surface area contributed by atoms with Crippen LogP contribution in [0.1, 0.15) is 12.8 Å². The molecule has 0 atom stereocenters. The number of Topliss-reactive ketones (excluding diaryl/α,β-unsaturated/α-hetero) is 2. The molecule has 100 valence electrons. The van der Waals surface area contributed by atoms with E-state index in [9.17, 15) is 28.8 Å². The number of carboxylic acids is 2. The van der Waals surface area contributed by atoms with E-state index >= 15 is 0 Å². The summed E-state index contributed by atoms with van der Waals surface area (Å²) in [6, 6.07) is 0. The van der Waals surface area contributed by atoms with Gasteiger partial charge >= 0.3 is 11.9 Å². The third-order valence-corrected chi connectivity index (χ3v) is 1.15. The zero-order chi connectivity index (χ0) is 14.9. The average Bonchev–Trinajstić information content (AvgIpc) is 2.16. The van der Waals surface area contributed by atoms with Crippen LogP contribution in [0.4, 0.5) is 0 Å². The molecule has 0 saturated carbocycles. The Morgan fingerprint density at radius 3 is 0.944 bits per heavy atom. The molecule has 0 unspecified atom stereocenters. The SMILES string of the molecule is NC(=O)CC(=O)C(=O)O.NC(=O)CC(=O)C(=O)O. The second-order valence-corrected chi connectivity index (χ2v) is 2.74. The second-order valence-electron chi connectivity index (χ2n) is 2.74. The summed E-state index contributed by atoms with van der Waals surface area (Å²) in [5.74, 6) is -7.47. The maximum atomic E-state index is 10.1. The third kappa shape index (κ3) is 11.3. The number of aliphatic carboxylic acids is 2. The van der Waals surface area contributed by atoms with Crippen LogP contribution in [0, 0.1) is 0 Å². The molecule has 0 aliphatic heterocycles. The van der Waals surface area contributed by atoms with Crippen LogP contribution in [0.3, 0.4) is 0 Å². The fourth-order valence-electron chi connectivity index (χ4n) is 0.468. The first-order valence-electron chi connectivity index (χ1n) is 4.16. The van der Waals surface area contributed by atoms with Crippen molar-refractivity contribution in [3.8, 4) is 0 Å². The van der Waals surface area contributed by atoms with Gasteiger partial charge in [0.2, 0.25) is 23.4 Å². The van der Waals surface area contributed by atoms with Crippen LogP contribution in [0.25, 0.3) is 0 Å². The minimum Gasteiger partial charge on any atom is -0.475 e. The van der Waals surface area contributed by atoms with E-state index in [1.165, 1.54) is 0 Å². The van der Waals surface area contributed by atoms with Crippen molar-refractivity contribution < 1.29 is 39.0 Å². The van der Waals surface area contributed by atoms with E-state index in [-0.39, 0.29) is 0 Å². The van der Waals surface area contributed by atoms with Gasteiger partial charge in [0.1, 0.15) is 0 Å². The van der Waals surface area contributed by atoms with Crippen LogP contribution in [-0.4, -0.2) is 45.5 Å². The maximum Gasteiger partial charge on any atom is 0.372 e. The third-order valence-electron chi connectivity index (χ3n) is 1.15. The van der Waals surface area contributed by atoms with Crippen molar-refractivity contribution >= 4 is 35.3 Å². The number of hydrogen-bond donors (Lipinski definition) is 4. The fourth-order valence-corrected chi connectivity index (χ4v) is 0.468.